The highest BCUT2D eigenvalue weighted by atomic mass is 16.6. The van der Waals surface area contributed by atoms with Crippen LogP contribution < -0.4 is 0 Å². The van der Waals surface area contributed by atoms with E-state index in [1.165, 1.54) is 32.1 Å². The van der Waals surface area contributed by atoms with Gasteiger partial charge in [-0.15, -0.1) is 0 Å². The van der Waals surface area contributed by atoms with Crippen LogP contribution in [0.3, 0.4) is 0 Å². The SMILES string of the molecule is O=C(CCCC1CCCCC1)OC[C@H]1C[C@@H]2O[C@H]1[C@H]1C(=O)OC(=O)[C@H]12. The molecule has 0 radical (unpaired) electrons. The lowest BCUT2D eigenvalue weighted by Crippen LogP contribution is -2.37. The normalized spacial score (nSPS) is 37.2. The molecule has 2 bridgehead atoms. The van der Waals surface area contributed by atoms with Crippen LogP contribution in [0.15, 0.2) is 0 Å². The summed E-state index contributed by atoms with van der Waals surface area (Å²) in [5, 5.41) is 0. The monoisotopic (exact) mass is 350 g/mol. The molecule has 6 nitrogen and oxygen atoms in total. The third kappa shape index (κ3) is 3.33. The Morgan fingerprint density at radius 3 is 2.64 bits per heavy atom. The summed E-state index contributed by atoms with van der Waals surface area (Å²) < 4.78 is 15.9. The summed E-state index contributed by atoms with van der Waals surface area (Å²) >= 11 is 0. The van der Waals surface area contributed by atoms with Crippen molar-refractivity contribution < 1.29 is 28.6 Å². The highest BCUT2D eigenvalue weighted by Crippen LogP contribution is 2.50. The Morgan fingerprint density at radius 2 is 1.84 bits per heavy atom. The van der Waals surface area contributed by atoms with Gasteiger partial charge < -0.3 is 14.2 Å². The number of esters is 3. The van der Waals surface area contributed by atoms with E-state index < -0.39 is 23.8 Å². The zero-order valence-corrected chi connectivity index (χ0v) is 14.5. The highest BCUT2D eigenvalue weighted by Gasteiger charge is 2.64. The third-order valence-electron chi connectivity index (χ3n) is 6.39. The summed E-state index contributed by atoms with van der Waals surface area (Å²) in [6.45, 7) is 0.272. The second-order valence-corrected chi connectivity index (χ2v) is 8.01. The number of cyclic esters (lactones) is 2. The molecular weight excluding hydrogens is 324 g/mol. The van der Waals surface area contributed by atoms with Crippen LogP contribution in [-0.4, -0.2) is 36.7 Å². The second-order valence-electron chi connectivity index (χ2n) is 8.01. The Bertz CT molecular complexity index is 552. The van der Waals surface area contributed by atoms with Gasteiger partial charge in [0.2, 0.25) is 0 Å². The van der Waals surface area contributed by atoms with Crippen LogP contribution in [-0.2, 0) is 28.6 Å². The van der Waals surface area contributed by atoms with E-state index in [9.17, 15) is 14.4 Å². The maximum atomic E-state index is 12.0. The van der Waals surface area contributed by atoms with E-state index in [-0.39, 0.29) is 30.7 Å². The van der Waals surface area contributed by atoms with Crippen molar-refractivity contribution in [3.8, 4) is 0 Å². The molecule has 0 spiro atoms. The van der Waals surface area contributed by atoms with Gasteiger partial charge in [0.1, 0.15) is 0 Å². The maximum Gasteiger partial charge on any atom is 0.320 e. The Hall–Kier alpha value is -1.43. The van der Waals surface area contributed by atoms with Gasteiger partial charge in [0.15, 0.2) is 0 Å². The Kier molecular flexibility index (Phi) is 4.80. The molecule has 138 valence electrons. The minimum atomic E-state index is -0.499. The van der Waals surface area contributed by atoms with Crippen molar-refractivity contribution in [2.24, 2.45) is 23.7 Å². The van der Waals surface area contributed by atoms with E-state index in [0.29, 0.717) is 12.8 Å². The van der Waals surface area contributed by atoms with Crippen LogP contribution >= 0.6 is 0 Å². The average Bonchev–Trinajstić information content (AvgIpc) is 3.26. The largest absolute Gasteiger partial charge is 0.465 e. The van der Waals surface area contributed by atoms with Crippen LogP contribution in [0.1, 0.15) is 57.8 Å². The van der Waals surface area contributed by atoms with E-state index in [2.05, 4.69) is 0 Å². The molecule has 0 N–H and O–H groups in total. The molecule has 1 aliphatic carbocycles. The van der Waals surface area contributed by atoms with Crippen LogP contribution in [0.4, 0.5) is 0 Å². The maximum absolute atomic E-state index is 12.0. The van der Waals surface area contributed by atoms with Gasteiger partial charge >= 0.3 is 17.9 Å². The van der Waals surface area contributed by atoms with Crippen molar-refractivity contribution in [1.29, 1.82) is 0 Å². The van der Waals surface area contributed by atoms with Crippen molar-refractivity contribution in [3.63, 3.8) is 0 Å². The fourth-order valence-electron chi connectivity index (χ4n) is 5.11. The second kappa shape index (κ2) is 7.06. The first-order valence-electron chi connectivity index (χ1n) is 9.70. The predicted molar refractivity (Wildman–Crippen MR) is 86.2 cm³/mol. The smallest absolute Gasteiger partial charge is 0.320 e. The molecule has 4 fully saturated rings. The summed E-state index contributed by atoms with van der Waals surface area (Å²) in [6.07, 6.45) is 9.13. The molecule has 1 saturated carbocycles. The number of carbonyl (C=O) groups is 3. The fourth-order valence-corrected chi connectivity index (χ4v) is 5.11. The molecule has 0 unspecified atom stereocenters. The lowest BCUT2D eigenvalue weighted by atomic mass is 9.75. The first-order chi connectivity index (χ1) is 12.1. The molecule has 0 aromatic heterocycles. The Morgan fingerprint density at radius 1 is 1.08 bits per heavy atom. The van der Waals surface area contributed by atoms with Crippen molar-refractivity contribution in [3.05, 3.63) is 0 Å². The van der Waals surface area contributed by atoms with Gasteiger partial charge in [0, 0.05) is 12.3 Å². The topological polar surface area (TPSA) is 78.9 Å². The van der Waals surface area contributed by atoms with E-state index in [1.54, 1.807) is 0 Å². The van der Waals surface area contributed by atoms with Crippen LogP contribution in [0, 0.1) is 23.7 Å². The predicted octanol–water partition coefficient (Wildman–Crippen LogP) is 2.38. The van der Waals surface area contributed by atoms with Gasteiger partial charge in [-0.05, 0) is 25.2 Å². The molecule has 0 aromatic carbocycles. The summed E-state index contributed by atoms with van der Waals surface area (Å²) in [6, 6.07) is 0. The molecule has 0 aromatic rings. The quantitative estimate of drug-likeness (QED) is 0.541. The molecular formula is C19H26O6. The number of hydrogen-bond donors (Lipinski definition) is 0. The van der Waals surface area contributed by atoms with Crippen molar-refractivity contribution in [2.45, 2.75) is 70.0 Å². The Labute approximate surface area is 147 Å². The molecule has 4 aliphatic rings. The minimum Gasteiger partial charge on any atom is -0.465 e. The van der Waals surface area contributed by atoms with E-state index >= 15 is 0 Å². The van der Waals surface area contributed by atoms with Gasteiger partial charge in [-0.1, -0.05) is 32.1 Å². The molecule has 3 saturated heterocycles. The molecule has 25 heavy (non-hydrogen) atoms. The summed E-state index contributed by atoms with van der Waals surface area (Å²) in [4.78, 5) is 35.5. The van der Waals surface area contributed by atoms with Gasteiger partial charge in [-0.25, -0.2) is 0 Å². The number of ether oxygens (including phenoxy) is 3. The lowest BCUT2D eigenvalue weighted by molar-refractivity contribution is -0.156. The highest BCUT2D eigenvalue weighted by molar-refractivity contribution is 5.98. The van der Waals surface area contributed by atoms with Crippen LogP contribution in [0.25, 0.3) is 0 Å². The van der Waals surface area contributed by atoms with E-state index in [0.717, 1.165) is 18.8 Å². The molecule has 3 aliphatic heterocycles. The number of carbonyl (C=O) groups excluding carboxylic acids is 3. The number of rotatable bonds is 6. The summed E-state index contributed by atoms with van der Waals surface area (Å²) in [5.74, 6) is -1.27. The molecule has 5 atom stereocenters. The van der Waals surface area contributed by atoms with Gasteiger partial charge in [0.25, 0.3) is 0 Å². The van der Waals surface area contributed by atoms with Crippen LogP contribution in [0.5, 0.6) is 0 Å². The zero-order valence-electron chi connectivity index (χ0n) is 14.5. The molecule has 6 heteroatoms. The van der Waals surface area contributed by atoms with Gasteiger partial charge in [-0.3, -0.25) is 14.4 Å². The molecule has 4 rings (SSSR count). The summed E-state index contributed by atoms with van der Waals surface area (Å²) in [5.41, 5.74) is 0. The van der Waals surface area contributed by atoms with Crippen LogP contribution in [0.2, 0.25) is 0 Å². The molecule has 0 amide bonds. The average molecular weight is 350 g/mol. The fraction of sp³-hybridized carbons (Fsp3) is 0.842. The molecule has 3 heterocycles. The van der Waals surface area contributed by atoms with Gasteiger partial charge in [-0.2, -0.15) is 0 Å². The van der Waals surface area contributed by atoms with E-state index in [1.807, 2.05) is 0 Å². The van der Waals surface area contributed by atoms with Crippen molar-refractivity contribution >= 4 is 17.9 Å². The third-order valence-corrected chi connectivity index (χ3v) is 6.39. The Balaban J connectivity index is 1.18. The standard InChI is InChI=1S/C19H26O6/c20-14(8-4-7-11-5-2-1-3-6-11)23-10-12-9-13-15-16(17(12)24-13)19(22)25-18(15)21/h11-13,15-17H,1-10H2/t12-,13+,15+,16+,17-/m1/s1. The summed E-state index contributed by atoms with van der Waals surface area (Å²) in [7, 11) is 0. The minimum absolute atomic E-state index is 0.00741. The number of hydrogen-bond acceptors (Lipinski definition) is 6. The van der Waals surface area contributed by atoms with Crippen molar-refractivity contribution in [1.82, 2.24) is 0 Å². The number of fused-ring (bicyclic) bond motifs is 5. The lowest BCUT2D eigenvalue weighted by Gasteiger charge is -2.24. The zero-order chi connectivity index (χ0) is 17.4. The first kappa shape index (κ1) is 17.0. The van der Waals surface area contributed by atoms with Gasteiger partial charge in [0.05, 0.1) is 30.7 Å². The van der Waals surface area contributed by atoms with E-state index in [4.69, 9.17) is 14.2 Å². The first-order valence-corrected chi connectivity index (χ1v) is 9.70. The van der Waals surface area contributed by atoms with Crippen molar-refractivity contribution in [2.75, 3.05) is 6.61 Å².